The summed E-state index contributed by atoms with van der Waals surface area (Å²) < 4.78 is 26.9. The highest BCUT2D eigenvalue weighted by molar-refractivity contribution is 5.67. The van der Waals surface area contributed by atoms with Crippen LogP contribution in [-0.4, -0.2) is 97.2 Å². The maximum atomic E-state index is 9.67. The van der Waals surface area contributed by atoms with Gasteiger partial charge in [0.2, 0.25) is 5.95 Å². The number of hydrogen-bond donors (Lipinski definition) is 1. The maximum Gasteiger partial charge on any atom is 0.257 e. The van der Waals surface area contributed by atoms with E-state index in [1.165, 1.54) is 19.2 Å². The van der Waals surface area contributed by atoms with Crippen LogP contribution in [0.15, 0.2) is 49.4 Å². The summed E-state index contributed by atoms with van der Waals surface area (Å²) in [5.74, 6) is 1.41. The Morgan fingerprint density at radius 2 is 1.75 bits per heavy atom. The van der Waals surface area contributed by atoms with E-state index in [2.05, 4.69) is 36.3 Å². The first-order chi connectivity index (χ1) is 23.6. The van der Waals surface area contributed by atoms with E-state index in [-0.39, 0.29) is 6.10 Å². The van der Waals surface area contributed by atoms with Gasteiger partial charge in [-0.1, -0.05) is 6.07 Å². The molecular formula is C34H42N10O4. The molecule has 3 atom stereocenters. The zero-order chi connectivity index (χ0) is 32.9. The normalized spacial score (nSPS) is 23.0. The van der Waals surface area contributed by atoms with Gasteiger partial charge in [0.15, 0.2) is 0 Å². The van der Waals surface area contributed by atoms with Crippen LogP contribution >= 0.6 is 0 Å². The van der Waals surface area contributed by atoms with Crippen molar-refractivity contribution < 1.29 is 18.9 Å². The molecule has 4 aromatic rings. The van der Waals surface area contributed by atoms with Crippen molar-refractivity contribution in [3.05, 3.63) is 55.0 Å². The average Bonchev–Trinajstić information content (AvgIpc) is 3.83. The number of nitrogens with one attached hydrogen (secondary N) is 1. The van der Waals surface area contributed by atoms with E-state index in [1.54, 1.807) is 36.6 Å². The molecular weight excluding hydrogens is 612 g/mol. The molecule has 2 bridgehead atoms. The predicted octanol–water partition coefficient (Wildman–Crippen LogP) is 4.39. The van der Waals surface area contributed by atoms with Crippen LogP contribution in [-0.2, 0) is 16.0 Å². The number of aromatic nitrogens is 7. The number of fused-ring (bicyclic) bond motifs is 2. The minimum Gasteiger partial charge on any atom is -0.487 e. The fourth-order valence-electron chi connectivity index (χ4n) is 7.25. The van der Waals surface area contributed by atoms with E-state index in [0.29, 0.717) is 72.8 Å². The molecule has 252 valence electrons. The first-order valence-corrected chi connectivity index (χ1v) is 16.8. The van der Waals surface area contributed by atoms with Gasteiger partial charge in [-0.25, -0.2) is 19.6 Å². The molecule has 1 saturated carbocycles. The quantitative estimate of drug-likeness (QED) is 0.204. The second kappa shape index (κ2) is 14.7. The van der Waals surface area contributed by atoms with Gasteiger partial charge in [0, 0.05) is 43.2 Å². The van der Waals surface area contributed by atoms with Gasteiger partial charge in [0.25, 0.3) is 5.88 Å². The molecule has 5 heterocycles. The van der Waals surface area contributed by atoms with Crippen molar-refractivity contribution in [3.8, 4) is 28.8 Å². The Kier molecular flexibility index (Phi) is 9.78. The van der Waals surface area contributed by atoms with Crippen LogP contribution in [0.2, 0.25) is 0 Å². The summed E-state index contributed by atoms with van der Waals surface area (Å²) >= 11 is 0. The molecule has 14 nitrogen and oxygen atoms in total. The highest BCUT2D eigenvalue weighted by atomic mass is 16.5. The number of nitrogens with zero attached hydrogens (tertiary/aromatic N) is 9. The number of morpholine rings is 1. The van der Waals surface area contributed by atoms with Gasteiger partial charge in [-0.3, -0.25) is 9.58 Å². The second-order valence-corrected chi connectivity index (χ2v) is 12.8. The minimum atomic E-state index is -0.229. The molecule has 0 radical (unpaired) electrons. The Morgan fingerprint density at radius 3 is 2.46 bits per heavy atom. The minimum absolute atomic E-state index is 0.229. The number of ether oxygens (including phenoxy) is 4. The molecule has 3 aromatic heterocycles. The summed E-state index contributed by atoms with van der Waals surface area (Å²) in [6.07, 6.45) is 15.4. The van der Waals surface area contributed by atoms with E-state index < -0.39 is 0 Å². The molecule has 3 aliphatic rings. The fourth-order valence-corrected chi connectivity index (χ4v) is 7.25. The number of benzene rings is 1. The maximum absolute atomic E-state index is 9.67. The number of hydrogen-bond acceptors (Lipinski definition) is 12. The summed E-state index contributed by atoms with van der Waals surface area (Å²) in [7, 11) is 1.65. The molecule has 0 spiro atoms. The van der Waals surface area contributed by atoms with Gasteiger partial charge in [0.05, 0.1) is 44.2 Å². The lowest BCUT2D eigenvalue weighted by Crippen LogP contribution is -2.52. The molecule has 3 fully saturated rings. The Balaban J connectivity index is 1.02. The average molecular weight is 655 g/mol. The number of methoxy groups -OCH3 is 1. The molecule has 14 heteroatoms. The van der Waals surface area contributed by atoms with Gasteiger partial charge in [-0.2, -0.15) is 10.4 Å². The Labute approximate surface area is 280 Å². The monoisotopic (exact) mass is 654 g/mol. The van der Waals surface area contributed by atoms with Gasteiger partial charge >= 0.3 is 0 Å². The van der Waals surface area contributed by atoms with Crippen LogP contribution in [0.5, 0.6) is 11.6 Å². The summed E-state index contributed by atoms with van der Waals surface area (Å²) in [4.78, 5) is 15.9. The van der Waals surface area contributed by atoms with E-state index >= 15 is 0 Å². The third kappa shape index (κ3) is 7.13. The molecule has 1 aliphatic carbocycles. The summed E-state index contributed by atoms with van der Waals surface area (Å²) in [5.41, 5.74) is 2.78. The smallest absolute Gasteiger partial charge is 0.257 e. The lowest BCUT2D eigenvalue weighted by Gasteiger charge is -2.43. The number of anilines is 2. The third-order valence-electron chi connectivity index (χ3n) is 9.56. The van der Waals surface area contributed by atoms with Crippen molar-refractivity contribution in [3.63, 3.8) is 0 Å². The number of nitriles is 1. The van der Waals surface area contributed by atoms with Gasteiger partial charge < -0.3 is 24.3 Å². The SMILES string of the molecule is COCCOc1nn(C2CCC(N3[C@@H]4CC[C@H]3COC4)CC2)cc1Nc1ncc(-c2ccc(C#N)c(O[C@@H](C)Cn3cncn3)c2)cn1. The van der Waals surface area contributed by atoms with Crippen molar-refractivity contribution in [2.45, 2.75) is 82.3 Å². The molecule has 0 unspecified atom stereocenters. The van der Waals surface area contributed by atoms with E-state index in [9.17, 15) is 5.26 Å². The standard InChI is InChI=1S/C34H42N10O4/c1-23(17-42-22-36-21-39-42)48-32-13-24(3-4-25(32)14-35)26-15-37-34(38-16-26)40-31-18-43(41-33(31)47-12-11-45-2)27-5-7-28(8-6-27)44-29-9-10-30(44)20-46-19-29/h3-4,13,15-16,18,21-23,27-30H,5-12,17,19-20H2,1-2H3,(H,37,38,40)/t23-,27?,28?,29-,30+/m0/s1. The summed E-state index contributed by atoms with van der Waals surface area (Å²) in [5, 5.41) is 22.0. The predicted molar refractivity (Wildman–Crippen MR) is 176 cm³/mol. The topological polar surface area (TPSA) is 150 Å². The van der Waals surface area contributed by atoms with Gasteiger partial charge in [-0.05, 0) is 63.1 Å². The van der Waals surface area contributed by atoms with E-state index in [0.717, 1.165) is 50.0 Å². The zero-order valence-corrected chi connectivity index (χ0v) is 27.4. The highest BCUT2D eigenvalue weighted by Gasteiger charge is 2.42. The fraction of sp³-hybridized carbons (Fsp3) is 0.529. The Hall–Kier alpha value is -4.58. The van der Waals surface area contributed by atoms with Crippen LogP contribution < -0.4 is 14.8 Å². The second-order valence-electron chi connectivity index (χ2n) is 12.8. The summed E-state index contributed by atoms with van der Waals surface area (Å²) in [6.45, 7) is 5.03. The number of rotatable bonds is 13. The van der Waals surface area contributed by atoms with Crippen molar-refractivity contribution in [2.24, 2.45) is 0 Å². The lowest BCUT2D eigenvalue weighted by molar-refractivity contribution is -0.0458. The molecule has 1 aromatic carbocycles. The molecule has 2 aliphatic heterocycles. The molecule has 2 saturated heterocycles. The van der Waals surface area contributed by atoms with Crippen LogP contribution in [0.4, 0.5) is 11.6 Å². The van der Waals surface area contributed by atoms with Crippen molar-refractivity contribution >= 4 is 11.6 Å². The molecule has 1 N–H and O–H groups in total. The van der Waals surface area contributed by atoms with Crippen molar-refractivity contribution in [1.29, 1.82) is 5.26 Å². The summed E-state index contributed by atoms with van der Waals surface area (Å²) in [6, 6.07) is 9.77. The van der Waals surface area contributed by atoms with Crippen molar-refractivity contribution in [2.75, 3.05) is 38.9 Å². The van der Waals surface area contributed by atoms with E-state index in [1.807, 2.05) is 29.9 Å². The van der Waals surface area contributed by atoms with Crippen LogP contribution in [0.1, 0.15) is 57.1 Å². The highest BCUT2D eigenvalue weighted by Crippen LogP contribution is 2.39. The largest absolute Gasteiger partial charge is 0.487 e. The molecule has 48 heavy (non-hydrogen) atoms. The molecule has 7 rings (SSSR count). The van der Waals surface area contributed by atoms with Crippen LogP contribution in [0.3, 0.4) is 0 Å². The van der Waals surface area contributed by atoms with Crippen molar-refractivity contribution in [1.82, 2.24) is 39.4 Å². The first kappa shape index (κ1) is 32.0. The van der Waals surface area contributed by atoms with Crippen LogP contribution in [0.25, 0.3) is 11.1 Å². The Morgan fingerprint density at radius 1 is 1.00 bits per heavy atom. The Bertz CT molecular complexity index is 1660. The zero-order valence-electron chi connectivity index (χ0n) is 27.4. The molecule has 0 amide bonds. The van der Waals surface area contributed by atoms with E-state index in [4.69, 9.17) is 24.0 Å². The first-order valence-electron chi connectivity index (χ1n) is 16.8. The third-order valence-corrected chi connectivity index (χ3v) is 9.56. The van der Waals surface area contributed by atoms with Crippen LogP contribution in [0, 0.1) is 11.3 Å². The van der Waals surface area contributed by atoms with Gasteiger partial charge in [-0.15, -0.1) is 5.10 Å². The van der Waals surface area contributed by atoms with Gasteiger partial charge in [0.1, 0.15) is 42.9 Å². The lowest BCUT2D eigenvalue weighted by atomic mass is 9.89.